The number of aromatic nitrogens is 4. The molecule has 11 heteroatoms. The Bertz CT molecular complexity index is 976. The van der Waals surface area contributed by atoms with Crippen LogP contribution in [0.3, 0.4) is 0 Å². The van der Waals surface area contributed by atoms with Crippen LogP contribution < -0.4 is 5.32 Å². The van der Waals surface area contributed by atoms with Gasteiger partial charge in [0.2, 0.25) is 5.91 Å². The zero-order chi connectivity index (χ0) is 18.0. The summed E-state index contributed by atoms with van der Waals surface area (Å²) in [6.07, 6.45) is 3.02. The molecule has 2 aromatic heterocycles. The Hall–Kier alpha value is -2.72. The summed E-state index contributed by atoms with van der Waals surface area (Å²) >= 11 is 6.95. The summed E-state index contributed by atoms with van der Waals surface area (Å²) in [5.41, 5.74) is 0.489. The van der Waals surface area contributed by atoms with E-state index in [9.17, 15) is 14.9 Å². The van der Waals surface area contributed by atoms with Gasteiger partial charge in [0, 0.05) is 18.1 Å². The summed E-state index contributed by atoms with van der Waals surface area (Å²) in [4.78, 5) is 30.9. The van der Waals surface area contributed by atoms with Gasteiger partial charge in [-0.2, -0.15) is 5.10 Å². The van der Waals surface area contributed by atoms with Crippen LogP contribution in [-0.4, -0.2) is 36.3 Å². The monoisotopic (exact) mass is 378 g/mol. The summed E-state index contributed by atoms with van der Waals surface area (Å²) in [5.74, 6) is -0.369. The van der Waals surface area contributed by atoms with Gasteiger partial charge in [-0.25, -0.2) is 9.97 Å². The quantitative estimate of drug-likeness (QED) is 0.314. The van der Waals surface area contributed by atoms with E-state index in [1.54, 1.807) is 17.9 Å². The summed E-state index contributed by atoms with van der Waals surface area (Å²) in [7, 11) is 1.76. The lowest BCUT2D eigenvalue weighted by molar-refractivity contribution is -0.383. The van der Waals surface area contributed by atoms with E-state index in [1.165, 1.54) is 36.3 Å². The van der Waals surface area contributed by atoms with Crippen molar-refractivity contribution in [2.75, 3.05) is 11.1 Å². The topological polar surface area (TPSA) is 116 Å². The number of carbonyl (C=O) groups excluding carboxylic acids is 1. The molecule has 0 fully saturated rings. The number of hydrogen-bond acceptors (Lipinski definition) is 7. The van der Waals surface area contributed by atoms with Crippen LogP contribution in [0.15, 0.2) is 35.7 Å². The van der Waals surface area contributed by atoms with Crippen molar-refractivity contribution in [3.63, 3.8) is 0 Å². The number of fused-ring (bicyclic) bond motifs is 1. The number of carbonyl (C=O) groups is 1. The zero-order valence-corrected chi connectivity index (χ0v) is 14.4. The molecule has 0 aliphatic heterocycles. The van der Waals surface area contributed by atoms with E-state index in [4.69, 9.17) is 11.6 Å². The van der Waals surface area contributed by atoms with Gasteiger partial charge >= 0.3 is 0 Å². The van der Waals surface area contributed by atoms with Crippen molar-refractivity contribution in [1.29, 1.82) is 0 Å². The maximum atomic E-state index is 12.1. The van der Waals surface area contributed by atoms with E-state index in [1.807, 2.05) is 0 Å². The first-order valence-electron chi connectivity index (χ1n) is 6.95. The van der Waals surface area contributed by atoms with Gasteiger partial charge in [0.05, 0.1) is 22.3 Å². The fourth-order valence-corrected chi connectivity index (χ4v) is 3.06. The van der Waals surface area contributed by atoms with Gasteiger partial charge in [0.25, 0.3) is 5.69 Å². The number of aryl methyl sites for hydroxylation is 1. The first kappa shape index (κ1) is 17.1. The number of rotatable bonds is 5. The minimum absolute atomic E-state index is 0.0286. The van der Waals surface area contributed by atoms with E-state index >= 15 is 0 Å². The molecule has 1 amide bonds. The van der Waals surface area contributed by atoms with Crippen molar-refractivity contribution in [3.05, 3.63) is 45.9 Å². The number of nitro groups is 1. The van der Waals surface area contributed by atoms with E-state index in [-0.39, 0.29) is 22.2 Å². The Morgan fingerprint density at radius 1 is 1.44 bits per heavy atom. The third-order valence-corrected chi connectivity index (χ3v) is 4.50. The number of nitro benzene ring substituents is 1. The predicted molar refractivity (Wildman–Crippen MR) is 93.8 cm³/mol. The minimum atomic E-state index is -0.599. The van der Waals surface area contributed by atoms with E-state index in [0.717, 1.165) is 5.39 Å². The summed E-state index contributed by atoms with van der Waals surface area (Å²) < 4.78 is 1.61. The highest BCUT2D eigenvalue weighted by Gasteiger charge is 2.17. The molecule has 9 nitrogen and oxygen atoms in total. The molecule has 0 unspecified atom stereocenters. The number of benzene rings is 1. The molecule has 0 aliphatic carbocycles. The molecule has 128 valence electrons. The molecule has 0 aliphatic rings. The average molecular weight is 379 g/mol. The third kappa shape index (κ3) is 3.69. The molecule has 0 saturated heterocycles. The molecule has 1 aromatic carbocycles. The normalized spacial score (nSPS) is 10.8. The van der Waals surface area contributed by atoms with Crippen LogP contribution in [0, 0.1) is 10.1 Å². The van der Waals surface area contributed by atoms with Crippen LogP contribution >= 0.6 is 23.4 Å². The molecule has 0 saturated carbocycles. The Labute approximate surface area is 150 Å². The van der Waals surface area contributed by atoms with Crippen LogP contribution in [0.5, 0.6) is 0 Å². The van der Waals surface area contributed by atoms with Crippen LogP contribution in [0.4, 0.5) is 11.4 Å². The highest BCUT2D eigenvalue weighted by molar-refractivity contribution is 8.00. The standard InChI is InChI=1S/C14H11ClN6O3S/c1-20-13-9(5-18-20)14(17-7-16-13)25-6-12(22)19-10-3-2-8(15)4-11(10)21(23)24/h2-5,7H,6H2,1H3,(H,19,22). The number of hydrogen-bond donors (Lipinski definition) is 1. The maximum Gasteiger partial charge on any atom is 0.294 e. The lowest BCUT2D eigenvalue weighted by atomic mass is 10.2. The van der Waals surface area contributed by atoms with Crippen molar-refractivity contribution in [1.82, 2.24) is 19.7 Å². The SMILES string of the molecule is Cn1ncc2c(SCC(=O)Nc3ccc(Cl)cc3[N+](=O)[O-])ncnc21. The molecule has 25 heavy (non-hydrogen) atoms. The second-order valence-corrected chi connectivity index (χ2v) is 6.34. The lowest BCUT2D eigenvalue weighted by Crippen LogP contribution is -2.15. The zero-order valence-electron chi connectivity index (χ0n) is 12.8. The molecule has 3 aromatic rings. The maximum absolute atomic E-state index is 12.1. The van der Waals surface area contributed by atoms with Crippen molar-refractivity contribution < 1.29 is 9.72 Å². The number of nitrogens with one attached hydrogen (secondary N) is 1. The number of halogens is 1. The molecule has 1 N–H and O–H groups in total. The van der Waals surface area contributed by atoms with Gasteiger partial charge in [-0.05, 0) is 12.1 Å². The third-order valence-electron chi connectivity index (χ3n) is 3.26. The second-order valence-electron chi connectivity index (χ2n) is 4.94. The van der Waals surface area contributed by atoms with E-state index in [2.05, 4.69) is 20.4 Å². The largest absolute Gasteiger partial charge is 0.320 e. The number of nitrogens with zero attached hydrogens (tertiary/aromatic N) is 5. The van der Waals surface area contributed by atoms with Crippen molar-refractivity contribution in [2.24, 2.45) is 7.05 Å². The number of amides is 1. The Morgan fingerprint density at radius 2 is 2.24 bits per heavy atom. The van der Waals surface area contributed by atoms with Gasteiger partial charge in [-0.3, -0.25) is 19.6 Å². The predicted octanol–water partition coefficient (Wildman–Crippen LogP) is 2.66. The first-order chi connectivity index (χ1) is 12.0. The van der Waals surface area contributed by atoms with Gasteiger partial charge in [-0.15, -0.1) is 0 Å². The van der Waals surface area contributed by atoms with Crippen molar-refractivity contribution >= 4 is 51.7 Å². The highest BCUT2D eigenvalue weighted by atomic mass is 35.5. The fraction of sp³-hybridized carbons (Fsp3) is 0.143. The average Bonchev–Trinajstić information content (AvgIpc) is 2.96. The van der Waals surface area contributed by atoms with Gasteiger partial charge in [-0.1, -0.05) is 23.4 Å². The van der Waals surface area contributed by atoms with Crippen LogP contribution in [0.25, 0.3) is 11.0 Å². The lowest BCUT2D eigenvalue weighted by Gasteiger charge is -2.06. The summed E-state index contributed by atoms with van der Waals surface area (Å²) in [6.45, 7) is 0. The van der Waals surface area contributed by atoms with E-state index < -0.39 is 10.8 Å². The number of thioether (sulfide) groups is 1. The van der Waals surface area contributed by atoms with Crippen LogP contribution in [0.2, 0.25) is 5.02 Å². The molecule has 2 heterocycles. The van der Waals surface area contributed by atoms with E-state index in [0.29, 0.717) is 10.7 Å². The molecule has 3 rings (SSSR count). The number of anilines is 1. The molecule has 0 atom stereocenters. The summed E-state index contributed by atoms with van der Waals surface area (Å²) in [5, 5.41) is 19.2. The van der Waals surface area contributed by atoms with Gasteiger partial charge in [0.15, 0.2) is 5.65 Å². The molecular weight excluding hydrogens is 368 g/mol. The fourth-order valence-electron chi connectivity index (χ4n) is 2.14. The van der Waals surface area contributed by atoms with Crippen molar-refractivity contribution in [2.45, 2.75) is 5.03 Å². The molecule has 0 bridgehead atoms. The second kappa shape index (κ2) is 7.03. The summed E-state index contributed by atoms with van der Waals surface area (Å²) in [6, 6.07) is 4.06. The van der Waals surface area contributed by atoms with Crippen LogP contribution in [-0.2, 0) is 11.8 Å². The Balaban J connectivity index is 1.72. The minimum Gasteiger partial charge on any atom is -0.320 e. The molecular formula is C14H11ClN6O3S. The first-order valence-corrected chi connectivity index (χ1v) is 8.31. The molecule has 0 radical (unpaired) electrons. The van der Waals surface area contributed by atoms with Gasteiger partial charge < -0.3 is 5.32 Å². The smallest absolute Gasteiger partial charge is 0.294 e. The molecule has 0 spiro atoms. The highest BCUT2D eigenvalue weighted by Crippen LogP contribution is 2.28. The van der Waals surface area contributed by atoms with Crippen LogP contribution in [0.1, 0.15) is 0 Å². The Morgan fingerprint density at radius 3 is 3.00 bits per heavy atom. The van der Waals surface area contributed by atoms with Crippen molar-refractivity contribution in [3.8, 4) is 0 Å². The van der Waals surface area contributed by atoms with Gasteiger partial charge in [0.1, 0.15) is 17.0 Å². The Kier molecular flexibility index (Phi) is 4.81.